The molecule has 2 heterocycles. The number of furan rings is 1. The second kappa shape index (κ2) is 7.76. The zero-order valence-corrected chi connectivity index (χ0v) is 13.9. The summed E-state index contributed by atoms with van der Waals surface area (Å²) in [6.07, 6.45) is 0. The number of nitrogens with one attached hydrogen (secondary N) is 1. The lowest BCUT2D eigenvalue weighted by molar-refractivity contribution is 0.0117. The number of aryl methyl sites for hydroxylation is 1. The SMILES string of the molecule is Cc1ccc(C(CNC(=O)c2cc(F)cc(F)c2)N2CCOCC2)o1. The van der Waals surface area contributed by atoms with Crippen molar-refractivity contribution < 1.29 is 22.7 Å². The van der Waals surface area contributed by atoms with Crippen LogP contribution in [0.3, 0.4) is 0 Å². The number of carbonyl (C=O) groups is 1. The molecule has 7 heteroatoms. The molecule has 1 amide bonds. The molecule has 0 spiro atoms. The number of morpholine rings is 1. The molecule has 0 aliphatic carbocycles. The normalized spacial score (nSPS) is 16.6. The molecule has 1 aliphatic heterocycles. The van der Waals surface area contributed by atoms with E-state index in [1.807, 2.05) is 19.1 Å². The zero-order chi connectivity index (χ0) is 17.8. The molecule has 25 heavy (non-hydrogen) atoms. The molecular formula is C18H20F2N2O3. The summed E-state index contributed by atoms with van der Waals surface area (Å²) in [6, 6.07) is 6.34. The number of rotatable bonds is 5. The van der Waals surface area contributed by atoms with Gasteiger partial charge in [-0.3, -0.25) is 9.69 Å². The van der Waals surface area contributed by atoms with E-state index in [1.165, 1.54) is 0 Å². The van der Waals surface area contributed by atoms with E-state index in [9.17, 15) is 13.6 Å². The van der Waals surface area contributed by atoms with E-state index >= 15 is 0 Å². The predicted octanol–water partition coefficient (Wildman–Crippen LogP) is 2.67. The van der Waals surface area contributed by atoms with Gasteiger partial charge in [0.05, 0.1) is 19.3 Å². The maximum atomic E-state index is 13.3. The Morgan fingerprint density at radius 3 is 2.48 bits per heavy atom. The lowest BCUT2D eigenvalue weighted by atomic mass is 10.1. The number of hydrogen-bond donors (Lipinski definition) is 1. The van der Waals surface area contributed by atoms with Gasteiger partial charge in [0, 0.05) is 31.3 Å². The molecule has 1 aromatic carbocycles. The number of hydrogen-bond acceptors (Lipinski definition) is 4. The first-order chi connectivity index (χ1) is 12.0. The van der Waals surface area contributed by atoms with Crippen LogP contribution in [0.25, 0.3) is 0 Å². The summed E-state index contributed by atoms with van der Waals surface area (Å²) in [5.74, 6) is -0.565. The van der Waals surface area contributed by atoms with Crippen molar-refractivity contribution in [1.29, 1.82) is 0 Å². The zero-order valence-electron chi connectivity index (χ0n) is 13.9. The fourth-order valence-corrected chi connectivity index (χ4v) is 2.91. The number of halogens is 2. The largest absolute Gasteiger partial charge is 0.465 e. The third-order valence-electron chi connectivity index (χ3n) is 4.16. The first-order valence-corrected chi connectivity index (χ1v) is 8.15. The molecule has 1 fully saturated rings. The van der Waals surface area contributed by atoms with Gasteiger partial charge in [0.2, 0.25) is 0 Å². The van der Waals surface area contributed by atoms with Crippen LogP contribution in [0.1, 0.15) is 27.9 Å². The molecule has 0 saturated carbocycles. The number of ether oxygens (including phenoxy) is 1. The van der Waals surface area contributed by atoms with Crippen molar-refractivity contribution in [3.63, 3.8) is 0 Å². The standard InChI is InChI=1S/C18H20F2N2O3/c1-12-2-3-17(25-12)16(22-4-6-24-7-5-22)11-21-18(23)13-8-14(19)10-15(20)9-13/h2-3,8-10,16H,4-7,11H2,1H3,(H,21,23). The minimum atomic E-state index is -0.781. The molecular weight excluding hydrogens is 330 g/mol. The highest BCUT2D eigenvalue weighted by Crippen LogP contribution is 2.23. The minimum absolute atomic E-state index is 0.0474. The van der Waals surface area contributed by atoms with Gasteiger partial charge >= 0.3 is 0 Å². The molecule has 1 N–H and O–H groups in total. The van der Waals surface area contributed by atoms with Crippen LogP contribution in [0.15, 0.2) is 34.7 Å². The topological polar surface area (TPSA) is 54.7 Å². The Bertz CT molecular complexity index is 721. The maximum absolute atomic E-state index is 13.3. The van der Waals surface area contributed by atoms with E-state index in [0.29, 0.717) is 13.2 Å². The average Bonchev–Trinajstić information content (AvgIpc) is 3.01. The Balaban J connectivity index is 1.72. The minimum Gasteiger partial charge on any atom is -0.465 e. The molecule has 134 valence electrons. The van der Waals surface area contributed by atoms with E-state index in [4.69, 9.17) is 9.15 Å². The molecule has 1 atom stereocenters. The van der Waals surface area contributed by atoms with Crippen LogP contribution in [0.4, 0.5) is 8.78 Å². The van der Waals surface area contributed by atoms with E-state index in [-0.39, 0.29) is 18.2 Å². The van der Waals surface area contributed by atoms with E-state index in [1.54, 1.807) is 0 Å². The monoisotopic (exact) mass is 350 g/mol. The Morgan fingerprint density at radius 1 is 1.20 bits per heavy atom. The summed E-state index contributed by atoms with van der Waals surface area (Å²) in [6.45, 7) is 4.78. The average molecular weight is 350 g/mol. The van der Waals surface area contributed by atoms with Crippen molar-refractivity contribution in [3.05, 3.63) is 59.1 Å². The van der Waals surface area contributed by atoms with Gasteiger partial charge in [-0.25, -0.2) is 8.78 Å². The van der Waals surface area contributed by atoms with Crippen LogP contribution in [0.5, 0.6) is 0 Å². The predicted molar refractivity (Wildman–Crippen MR) is 87.3 cm³/mol. The van der Waals surface area contributed by atoms with Crippen molar-refractivity contribution in [2.24, 2.45) is 0 Å². The van der Waals surface area contributed by atoms with Crippen LogP contribution < -0.4 is 5.32 Å². The third kappa shape index (κ3) is 4.43. The van der Waals surface area contributed by atoms with Gasteiger partial charge in [-0.2, -0.15) is 0 Å². The van der Waals surface area contributed by atoms with Gasteiger partial charge in [-0.05, 0) is 31.2 Å². The molecule has 5 nitrogen and oxygen atoms in total. The summed E-state index contributed by atoms with van der Waals surface area (Å²) in [5, 5.41) is 2.74. The quantitative estimate of drug-likeness (QED) is 0.901. The molecule has 1 aliphatic rings. The molecule has 3 rings (SSSR count). The lowest BCUT2D eigenvalue weighted by Crippen LogP contribution is -2.43. The van der Waals surface area contributed by atoms with Crippen LogP contribution in [-0.2, 0) is 4.74 Å². The summed E-state index contributed by atoms with van der Waals surface area (Å²) in [7, 11) is 0. The third-order valence-corrected chi connectivity index (χ3v) is 4.16. The molecule has 2 aromatic rings. The van der Waals surface area contributed by atoms with Gasteiger partial charge in [0.1, 0.15) is 23.2 Å². The lowest BCUT2D eigenvalue weighted by Gasteiger charge is -2.33. The molecule has 1 unspecified atom stereocenters. The highest BCUT2D eigenvalue weighted by molar-refractivity contribution is 5.94. The van der Waals surface area contributed by atoms with Crippen molar-refractivity contribution in [1.82, 2.24) is 10.2 Å². The molecule has 1 saturated heterocycles. The van der Waals surface area contributed by atoms with E-state index in [2.05, 4.69) is 10.2 Å². The van der Waals surface area contributed by atoms with Gasteiger partial charge < -0.3 is 14.5 Å². The fourth-order valence-electron chi connectivity index (χ4n) is 2.91. The molecule has 1 aromatic heterocycles. The van der Waals surface area contributed by atoms with Crippen LogP contribution in [0, 0.1) is 18.6 Å². The summed E-state index contributed by atoms with van der Waals surface area (Å²) in [4.78, 5) is 14.4. The van der Waals surface area contributed by atoms with E-state index in [0.717, 1.165) is 42.8 Å². The van der Waals surface area contributed by atoms with Crippen molar-refractivity contribution in [3.8, 4) is 0 Å². The first-order valence-electron chi connectivity index (χ1n) is 8.15. The van der Waals surface area contributed by atoms with Crippen molar-refractivity contribution in [2.75, 3.05) is 32.8 Å². The van der Waals surface area contributed by atoms with Crippen LogP contribution in [0.2, 0.25) is 0 Å². The second-order valence-electron chi connectivity index (χ2n) is 5.98. The first kappa shape index (κ1) is 17.6. The van der Waals surface area contributed by atoms with E-state index < -0.39 is 17.5 Å². The fraction of sp³-hybridized carbons (Fsp3) is 0.389. The van der Waals surface area contributed by atoms with Gasteiger partial charge in [-0.15, -0.1) is 0 Å². The highest BCUT2D eigenvalue weighted by atomic mass is 19.1. The maximum Gasteiger partial charge on any atom is 0.251 e. The van der Waals surface area contributed by atoms with Gasteiger partial charge in [0.15, 0.2) is 0 Å². The van der Waals surface area contributed by atoms with Crippen molar-refractivity contribution in [2.45, 2.75) is 13.0 Å². The van der Waals surface area contributed by atoms with Crippen molar-refractivity contribution >= 4 is 5.91 Å². The smallest absolute Gasteiger partial charge is 0.251 e. The van der Waals surface area contributed by atoms with Crippen LogP contribution in [-0.4, -0.2) is 43.7 Å². The Labute approximate surface area is 144 Å². The Kier molecular flexibility index (Phi) is 5.45. The highest BCUT2D eigenvalue weighted by Gasteiger charge is 2.26. The molecule has 0 radical (unpaired) electrons. The second-order valence-corrected chi connectivity index (χ2v) is 5.98. The van der Waals surface area contributed by atoms with Gasteiger partial charge in [0.25, 0.3) is 5.91 Å². The summed E-state index contributed by atoms with van der Waals surface area (Å²) in [5.41, 5.74) is -0.0474. The summed E-state index contributed by atoms with van der Waals surface area (Å²) < 4.78 is 37.7. The Hall–Kier alpha value is -2.25. The summed E-state index contributed by atoms with van der Waals surface area (Å²) >= 11 is 0. The van der Waals surface area contributed by atoms with Crippen LogP contribution >= 0.6 is 0 Å². The number of carbonyl (C=O) groups excluding carboxylic acids is 1. The number of nitrogens with zero attached hydrogens (tertiary/aromatic N) is 1. The number of benzene rings is 1. The molecule has 0 bridgehead atoms. The Morgan fingerprint density at radius 2 is 1.88 bits per heavy atom. The van der Waals surface area contributed by atoms with Gasteiger partial charge in [-0.1, -0.05) is 0 Å². The number of amides is 1.